The third kappa shape index (κ3) is 3.49. The second-order valence-corrected chi connectivity index (χ2v) is 0.858. The summed E-state index contributed by atoms with van der Waals surface area (Å²) in [7, 11) is -0.832. The van der Waals surface area contributed by atoms with Gasteiger partial charge in [-0.1, -0.05) is 0 Å². The maximum atomic E-state index is 9.08. The van der Waals surface area contributed by atoms with Gasteiger partial charge in [0, 0.05) is 0 Å². The Balaban J connectivity index is 2.65. The van der Waals surface area contributed by atoms with Crippen molar-refractivity contribution < 1.29 is 9.22 Å². The second kappa shape index (κ2) is 3.49. The summed E-state index contributed by atoms with van der Waals surface area (Å²) < 4.78 is 3.90. The highest BCUT2D eigenvalue weighted by Gasteiger charge is 1.56. The molecule has 0 amide bonds. The lowest BCUT2D eigenvalue weighted by atomic mass is 11.7. The molecular weight excluding hydrogens is 86.1 g/mol. The van der Waals surface area contributed by atoms with E-state index in [9.17, 15) is 0 Å². The lowest BCUT2D eigenvalue weighted by Crippen LogP contribution is -1.78. The molecule has 0 fully saturated rings. The summed E-state index contributed by atoms with van der Waals surface area (Å²) in [5.41, 5.74) is 0. The Kier molecular flexibility index (Phi) is 3.13. The van der Waals surface area contributed by atoms with E-state index in [2.05, 4.69) is 4.43 Å². The minimum absolute atomic E-state index is 0.280. The van der Waals surface area contributed by atoms with Crippen molar-refractivity contribution in [3.05, 3.63) is 0 Å². The van der Waals surface area contributed by atoms with E-state index < -0.39 is 9.56 Å². The fourth-order valence-electron chi connectivity index (χ4n) is 0.0278. The van der Waals surface area contributed by atoms with Gasteiger partial charge in [0.2, 0.25) is 0 Å². The Hall–Kier alpha value is -0.513. The molecule has 1 N–H and O–H groups in total. The molecule has 0 aromatic carbocycles. The zero-order valence-corrected chi connectivity index (χ0v) is 3.63. The molecule has 0 spiro atoms. The third-order valence-corrected chi connectivity index (χ3v) is 0.371. The first-order chi connectivity index (χ1) is 2.41. The van der Waals surface area contributed by atoms with E-state index >= 15 is 0 Å². The van der Waals surface area contributed by atoms with Crippen LogP contribution in [0.1, 0.15) is 0 Å². The van der Waals surface area contributed by atoms with Gasteiger partial charge >= 0.3 is 9.56 Å². The normalized spacial score (nSPS) is 5.60. The van der Waals surface area contributed by atoms with Crippen molar-refractivity contribution >= 4 is 16.0 Å². The van der Waals surface area contributed by atoms with Gasteiger partial charge in [0.05, 0.1) is 0 Å². The molecule has 5 heavy (non-hydrogen) atoms. The Morgan fingerprint density at radius 3 is 2.60 bits per heavy atom. The van der Waals surface area contributed by atoms with Crippen LogP contribution >= 0.6 is 0 Å². The number of rotatable bonds is 2. The summed E-state index contributed by atoms with van der Waals surface area (Å²) in [4.78, 5) is 9.08. The summed E-state index contributed by atoms with van der Waals surface area (Å²) in [6.45, 7) is 0.280. The topological polar surface area (TPSA) is 50.1 Å². The smallest absolute Gasteiger partial charge is 0.338 e. The van der Waals surface area contributed by atoms with Gasteiger partial charge in [0.25, 0.3) is 6.47 Å². The van der Waals surface area contributed by atoms with Gasteiger partial charge in [-0.05, 0) is 0 Å². The standard InChI is InChI=1S/CH3NO2Si/c2-5-4-1-3/h1-2,5H. The van der Waals surface area contributed by atoms with Crippen molar-refractivity contribution in [3.63, 3.8) is 0 Å². The Morgan fingerprint density at radius 1 is 2.00 bits per heavy atom. The van der Waals surface area contributed by atoms with Crippen LogP contribution in [0.4, 0.5) is 0 Å². The summed E-state index contributed by atoms with van der Waals surface area (Å²) in [6, 6.07) is 0. The lowest BCUT2D eigenvalue weighted by molar-refractivity contribution is -0.120. The first-order valence-corrected chi connectivity index (χ1v) is 2.04. The monoisotopic (exact) mass is 89.0 g/mol. The van der Waals surface area contributed by atoms with Crippen molar-refractivity contribution in [2.24, 2.45) is 0 Å². The molecule has 0 unspecified atom stereocenters. The van der Waals surface area contributed by atoms with Crippen LogP contribution in [-0.2, 0) is 9.22 Å². The van der Waals surface area contributed by atoms with Crippen LogP contribution in [0.3, 0.4) is 0 Å². The maximum Gasteiger partial charge on any atom is 0.338 e. The average Bonchev–Trinajstić information content (AvgIpc) is 1.41. The maximum absolute atomic E-state index is 9.08. The van der Waals surface area contributed by atoms with Crippen molar-refractivity contribution in [3.8, 4) is 0 Å². The van der Waals surface area contributed by atoms with Crippen LogP contribution in [-0.4, -0.2) is 16.0 Å². The number of hydrogen-bond acceptors (Lipinski definition) is 3. The molecule has 0 saturated heterocycles. The Morgan fingerprint density at radius 2 is 2.60 bits per heavy atom. The fourth-order valence-corrected chi connectivity index (χ4v) is 0.0833. The van der Waals surface area contributed by atoms with Gasteiger partial charge in [-0.2, -0.15) is 0 Å². The zero-order chi connectivity index (χ0) is 4.12. The third-order valence-electron chi connectivity index (χ3n) is 0.124. The van der Waals surface area contributed by atoms with Crippen molar-refractivity contribution in [2.45, 2.75) is 0 Å². The second-order valence-electron chi connectivity index (χ2n) is 0.350. The fraction of sp³-hybridized carbons (Fsp3) is 0. The van der Waals surface area contributed by atoms with Crippen LogP contribution in [0.5, 0.6) is 0 Å². The molecule has 28 valence electrons. The Bertz CT molecular complexity index is 38.9. The molecule has 0 aliphatic heterocycles. The van der Waals surface area contributed by atoms with Gasteiger partial charge in [-0.15, -0.1) is 0 Å². The molecule has 0 rings (SSSR count). The van der Waals surface area contributed by atoms with E-state index in [0.717, 1.165) is 0 Å². The predicted octanol–water partition coefficient (Wildman–Crippen LogP) is -0.727. The van der Waals surface area contributed by atoms with Crippen LogP contribution in [0.25, 0.3) is 0 Å². The SMILES string of the molecule is N=[SiH]OC=O. The summed E-state index contributed by atoms with van der Waals surface area (Å²) in [5.74, 6) is 0. The molecule has 0 saturated carbocycles. The molecule has 0 aromatic heterocycles. The first kappa shape index (κ1) is 4.49. The number of carbonyl (C=O) groups excluding carboxylic acids is 1. The van der Waals surface area contributed by atoms with Gasteiger partial charge in [-0.3, -0.25) is 4.79 Å². The summed E-state index contributed by atoms with van der Waals surface area (Å²) >= 11 is 0. The minimum atomic E-state index is -0.832. The van der Waals surface area contributed by atoms with Crippen LogP contribution < -0.4 is 0 Å². The molecule has 0 heterocycles. The molecule has 0 aliphatic carbocycles. The molecule has 0 aromatic rings. The highest BCUT2D eigenvalue weighted by molar-refractivity contribution is 6.12. The van der Waals surface area contributed by atoms with E-state index in [-0.39, 0.29) is 6.47 Å². The molecule has 0 bridgehead atoms. The average molecular weight is 89.1 g/mol. The summed E-state index contributed by atoms with van der Waals surface area (Å²) in [6.07, 6.45) is 0. The Labute approximate surface area is 31.4 Å². The summed E-state index contributed by atoms with van der Waals surface area (Å²) in [5, 5.41) is 6.23. The highest BCUT2D eigenvalue weighted by Crippen LogP contribution is 1.39. The van der Waals surface area contributed by atoms with Crippen LogP contribution in [0.2, 0.25) is 0 Å². The van der Waals surface area contributed by atoms with Crippen molar-refractivity contribution in [1.29, 1.82) is 5.05 Å². The van der Waals surface area contributed by atoms with E-state index in [1.54, 1.807) is 0 Å². The van der Waals surface area contributed by atoms with Gasteiger partial charge in [0.15, 0.2) is 0 Å². The molecule has 4 heteroatoms. The number of carbonyl (C=O) groups is 1. The zero-order valence-electron chi connectivity index (χ0n) is 2.47. The van der Waals surface area contributed by atoms with Gasteiger partial charge < -0.3 is 9.48 Å². The van der Waals surface area contributed by atoms with Crippen LogP contribution in [0.15, 0.2) is 0 Å². The van der Waals surface area contributed by atoms with Gasteiger partial charge in [-0.25, -0.2) is 0 Å². The predicted molar refractivity (Wildman–Crippen MR) is 17.0 cm³/mol. The highest BCUT2D eigenvalue weighted by atomic mass is 28.2. The van der Waals surface area contributed by atoms with Crippen molar-refractivity contribution in [2.75, 3.05) is 0 Å². The molecule has 0 atom stereocenters. The van der Waals surface area contributed by atoms with Gasteiger partial charge in [0.1, 0.15) is 0 Å². The van der Waals surface area contributed by atoms with E-state index in [1.807, 2.05) is 0 Å². The molecule has 0 radical (unpaired) electrons. The lowest BCUT2D eigenvalue weighted by Gasteiger charge is -1.69. The van der Waals surface area contributed by atoms with Crippen LogP contribution in [0, 0.1) is 5.05 Å². The van der Waals surface area contributed by atoms with E-state index in [1.165, 1.54) is 0 Å². The van der Waals surface area contributed by atoms with E-state index in [0.29, 0.717) is 0 Å². The van der Waals surface area contributed by atoms with Crippen molar-refractivity contribution in [1.82, 2.24) is 0 Å². The molecule has 0 aliphatic rings. The molecular formula is CH3NO2Si. The first-order valence-electron chi connectivity index (χ1n) is 0.996. The van der Waals surface area contributed by atoms with E-state index in [4.69, 9.17) is 9.85 Å². The quantitative estimate of drug-likeness (QED) is 0.358. The number of hydrogen-bond donors (Lipinski definition) is 1. The largest absolute Gasteiger partial charge is 0.479 e. The minimum Gasteiger partial charge on any atom is -0.479 e. The molecule has 3 nitrogen and oxygen atoms in total. The number of nitrogens with one attached hydrogen (secondary N) is 1.